The number of aliphatic hydroxyl groups excluding tert-OH is 1. The second kappa shape index (κ2) is 12.4. The zero-order valence-corrected chi connectivity index (χ0v) is 19.8. The summed E-state index contributed by atoms with van der Waals surface area (Å²) in [4.78, 5) is 26.0. The Hall–Kier alpha value is -3.92. The number of aromatic amines is 1. The molecule has 3 rings (SSSR count). The second-order valence-corrected chi connectivity index (χ2v) is 7.18. The Morgan fingerprint density at radius 1 is 1.12 bits per heavy atom. The Balaban J connectivity index is 0.00000199. The van der Waals surface area contributed by atoms with E-state index in [1.54, 1.807) is 27.1 Å². The van der Waals surface area contributed by atoms with Gasteiger partial charge in [-0.15, -0.1) is 0 Å². The molecule has 1 aromatic heterocycles. The Kier molecular flexibility index (Phi) is 9.57. The second-order valence-electron chi connectivity index (χ2n) is 7.18. The van der Waals surface area contributed by atoms with Crippen molar-refractivity contribution in [2.24, 2.45) is 0 Å². The molecule has 0 spiro atoms. The van der Waals surface area contributed by atoms with Crippen LogP contribution < -0.4 is 14.8 Å². The SMILES string of the molecule is CC.C[C@@H](CO)Oc1cc(Oc2ccc(C(=O)N(C)C)cc2F)cc(C(=O)Nc2ccn[nH]2)c1. The number of nitrogens with zero attached hydrogens (tertiary/aromatic N) is 2. The summed E-state index contributed by atoms with van der Waals surface area (Å²) in [5, 5.41) is 18.3. The standard InChI is InChI=1S/C22H23FN4O5.C2H6/c1-13(12-28)31-16-8-15(21(29)25-20-6-7-24-26-20)9-17(11-16)32-19-5-4-14(10-18(19)23)22(30)27(2)3;1-2/h4-11,13,28H,12H2,1-3H3,(H2,24,25,26,29);1-2H3/t13-;/m0./s1. The van der Waals surface area contributed by atoms with Crippen LogP contribution in [0.15, 0.2) is 48.7 Å². The zero-order valence-electron chi connectivity index (χ0n) is 19.8. The monoisotopic (exact) mass is 472 g/mol. The number of hydrogen-bond donors (Lipinski definition) is 3. The number of halogens is 1. The normalized spacial score (nSPS) is 11.0. The highest BCUT2D eigenvalue weighted by Crippen LogP contribution is 2.30. The molecular weight excluding hydrogens is 443 g/mol. The summed E-state index contributed by atoms with van der Waals surface area (Å²) in [6.07, 6.45) is 0.946. The van der Waals surface area contributed by atoms with Crippen molar-refractivity contribution in [3.8, 4) is 17.2 Å². The number of aromatic nitrogens is 2. The number of H-pyrrole nitrogens is 1. The fourth-order valence-corrected chi connectivity index (χ4v) is 2.72. The van der Waals surface area contributed by atoms with Gasteiger partial charge in [-0.25, -0.2) is 4.39 Å². The molecule has 9 nitrogen and oxygen atoms in total. The molecule has 1 heterocycles. The minimum absolute atomic E-state index is 0.132. The molecule has 3 aromatic rings. The summed E-state index contributed by atoms with van der Waals surface area (Å²) in [6.45, 7) is 5.41. The summed E-state index contributed by atoms with van der Waals surface area (Å²) in [6, 6.07) is 9.80. The van der Waals surface area contributed by atoms with E-state index in [2.05, 4.69) is 15.5 Å². The first kappa shape index (κ1) is 26.3. The summed E-state index contributed by atoms with van der Waals surface area (Å²) >= 11 is 0. The Labute approximate surface area is 197 Å². The van der Waals surface area contributed by atoms with Crippen molar-refractivity contribution in [2.75, 3.05) is 26.0 Å². The number of rotatable bonds is 8. The van der Waals surface area contributed by atoms with Crippen molar-refractivity contribution in [3.63, 3.8) is 0 Å². The zero-order chi connectivity index (χ0) is 25.3. The van der Waals surface area contributed by atoms with E-state index in [0.717, 1.165) is 6.07 Å². The fourth-order valence-electron chi connectivity index (χ4n) is 2.72. The Morgan fingerprint density at radius 2 is 1.82 bits per heavy atom. The van der Waals surface area contributed by atoms with Gasteiger partial charge in [0.1, 0.15) is 23.4 Å². The van der Waals surface area contributed by atoms with Crippen molar-refractivity contribution in [2.45, 2.75) is 26.9 Å². The highest BCUT2D eigenvalue weighted by atomic mass is 19.1. The largest absolute Gasteiger partial charge is 0.488 e. The van der Waals surface area contributed by atoms with Crippen molar-refractivity contribution in [3.05, 3.63) is 65.6 Å². The maximum Gasteiger partial charge on any atom is 0.257 e. The molecule has 0 aliphatic heterocycles. The van der Waals surface area contributed by atoms with Crippen LogP contribution in [-0.2, 0) is 0 Å². The molecule has 0 radical (unpaired) electrons. The maximum absolute atomic E-state index is 14.6. The van der Waals surface area contributed by atoms with Gasteiger partial charge in [0, 0.05) is 37.4 Å². The molecule has 1 atom stereocenters. The predicted octanol–water partition coefficient (Wildman–Crippen LogP) is 4.08. The number of aliphatic hydroxyl groups is 1. The Bertz CT molecular complexity index is 1100. The van der Waals surface area contributed by atoms with E-state index in [4.69, 9.17) is 9.47 Å². The molecule has 0 saturated heterocycles. The van der Waals surface area contributed by atoms with E-state index < -0.39 is 17.8 Å². The lowest BCUT2D eigenvalue weighted by Gasteiger charge is -2.16. The number of hydrogen-bond acceptors (Lipinski definition) is 6. The van der Waals surface area contributed by atoms with Crippen LogP contribution in [0.5, 0.6) is 17.2 Å². The van der Waals surface area contributed by atoms with Gasteiger partial charge in [-0.05, 0) is 37.3 Å². The molecule has 182 valence electrons. The van der Waals surface area contributed by atoms with E-state index >= 15 is 0 Å². The third-order valence-corrected chi connectivity index (χ3v) is 4.30. The fraction of sp³-hybridized carbons (Fsp3) is 0.292. The van der Waals surface area contributed by atoms with Crippen LogP contribution in [0.25, 0.3) is 0 Å². The lowest BCUT2D eigenvalue weighted by Crippen LogP contribution is -2.21. The summed E-state index contributed by atoms with van der Waals surface area (Å²) in [5.41, 5.74) is 0.352. The van der Waals surface area contributed by atoms with Gasteiger partial charge >= 0.3 is 0 Å². The third-order valence-electron chi connectivity index (χ3n) is 4.30. The lowest BCUT2D eigenvalue weighted by molar-refractivity contribution is 0.0826. The van der Waals surface area contributed by atoms with Gasteiger partial charge < -0.3 is 24.8 Å². The number of nitrogens with one attached hydrogen (secondary N) is 2. The van der Waals surface area contributed by atoms with Crippen LogP contribution in [0.2, 0.25) is 0 Å². The predicted molar refractivity (Wildman–Crippen MR) is 126 cm³/mol. The number of amides is 2. The van der Waals surface area contributed by atoms with Crippen LogP contribution in [0.1, 0.15) is 41.5 Å². The van der Waals surface area contributed by atoms with Crippen molar-refractivity contribution < 1.29 is 28.6 Å². The van der Waals surface area contributed by atoms with Gasteiger partial charge in [0.2, 0.25) is 0 Å². The molecule has 3 N–H and O–H groups in total. The van der Waals surface area contributed by atoms with Crippen molar-refractivity contribution in [1.82, 2.24) is 15.1 Å². The van der Waals surface area contributed by atoms with Crippen molar-refractivity contribution in [1.29, 1.82) is 0 Å². The number of carbonyl (C=O) groups excluding carboxylic acids is 2. The van der Waals surface area contributed by atoms with E-state index in [0.29, 0.717) is 5.82 Å². The maximum atomic E-state index is 14.6. The van der Waals surface area contributed by atoms with Gasteiger partial charge in [0.05, 0.1) is 12.8 Å². The molecule has 0 bridgehead atoms. The average Bonchev–Trinajstić information content (AvgIpc) is 3.34. The molecule has 0 aliphatic carbocycles. The Morgan fingerprint density at radius 3 is 2.41 bits per heavy atom. The quantitative estimate of drug-likeness (QED) is 0.455. The minimum Gasteiger partial charge on any atom is -0.488 e. The van der Waals surface area contributed by atoms with Crippen LogP contribution in [-0.4, -0.2) is 58.8 Å². The highest BCUT2D eigenvalue weighted by Gasteiger charge is 2.16. The summed E-state index contributed by atoms with van der Waals surface area (Å²) in [5.74, 6) is -0.926. The lowest BCUT2D eigenvalue weighted by atomic mass is 10.1. The molecule has 10 heteroatoms. The number of carbonyl (C=O) groups is 2. The first-order chi connectivity index (χ1) is 16.3. The first-order valence-corrected chi connectivity index (χ1v) is 10.7. The van der Waals surface area contributed by atoms with E-state index in [-0.39, 0.29) is 40.9 Å². The van der Waals surface area contributed by atoms with Crippen LogP contribution in [0.3, 0.4) is 0 Å². The molecule has 0 fully saturated rings. The topological polar surface area (TPSA) is 117 Å². The van der Waals surface area contributed by atoms with Gasteiger partial charge in [0.15, 0.2) is 11.6 Å². The highest BCUT2D eigenvalue weighted by molar-refractivity contribution is 6.04. The van der Waals surface area contributed by atoms with Crippen LogP contribution in [0.4, 0.5) is 10.2 Å². The molecule has 0 unspecified atom stereocenters. The summed E-state index contributed by atoms with van der Waals surface area (Å²) < 4.78 is 25.8. The molecule has 2 aromatic carbocycles. The molecule has 0 saturated carbocycles. The molecule has 2 amide bonds. The molecular formula is C24H29FN4O5. The van der Waals surface area contributed by atoms with Gasteiger partial charge in [-0.1, -0.05) is 13.8 Å². The van der Waals surface area contributed by atoms with Crippen LogP contribution >= 0.6 is 0 Å². The number of ether oxygens (including phenoxy) is 2. The first-order valence-electron chi connectivity index (χ1n) is 10.7. The van der Waals surface area contributed by atoms with E-state index in [1.165, 1.54) is 41.4 Å². The average molecular weight is 473 g/mol. The van der Waals surface area contributed by atoms with Crippen LogP contribution in [0, 0.1) is 5.82 Å². The number of benzene rings is 2. The minimum atomic E-state index is -0.740. The third kappa shape index (κ3) is 7.04. The summed E-state index contributed by atoms with van der Waals surface area (Å²) in [7, 11) is 3.14. The van der Waals surface area contributed by atoms with Gasteiger partial charge in [0.25, 0.3) is 11.8 Å². The smallest absolute Gasteiger partial charge is 0.257 e. The van der Waals surface area contributed by atoms with Crippen molar-refractivity contribution >= 4 is 17.6 Å². The van der Waals surface area contributed by atoms with Gasteiger partial charge in [-0.3, -0.25) is 14.7 Å². The van der Waals surface area contributed by atoms with Gasteiger partial charge in [-0.2, -0.15) is 5.10 Å². The molecule has 34 heavy (non-hydrogen) atoms. The molecule has 0 aliphatic rings. The van der Waals surface area contributed by atoms with E-state index in [9.17, 15) is 19.1 Å². The number of anilines is 1. The van der Waals surface area contributed by atoms with E-state index in [1.807, 2.05) is 13.8 Å².